The largest absolute Gasteiger partial charge is 0.545 e. The zero-order valence-electron chi connectivity index (χ0n) is 40.8. The Balaban J connectivity index is 4.25. The van der Waals surface area contributed by atoms with Gasteiger partial charge in [0.1, 0.15) is 13.2 Å². The second-order valence-electron chi connectivity index (χ2n) is 18.8. The average Bonchev–Trinajstić information content (AvgIpc) is 3.22. The second kappa shape index (κ2) is 44.6. The molecular weight excluding hydrogens is 767 g/mol. The molecule has 2 unspecified atom stereocenters. The van der Waals surface area contributed by atoms with Crippen LogP contribution in [-0.4, -0.2) is 82.3 Å². The molecule has 0 amide bonds. The molecule has 0 fully saturated rings. The molecule has 0 N–H and O–H groups in total. The fraction of sp³-hybridized carbons (Fsp3) is 0.904. The van der Waals surface area contributed by atoms with Crippen LogP contribution in [0.15, 0.2) is 12.2 Å². The van der Waals surface area contributed by atoms with Gasteiger partial charge in [-0.3, -0.25) is 9.59 Å². The molecule has 0 saturated carbocycles. The number of allylic oxidation sites excluding steroid dienone is 2. The summed E-state index contributed by atoms with van der Waals surface area (Å²) >= 11 is 0. The minimum atomic E-state index is -1.62. The molecule has 0 bridgehead atoms. The summed E-state index contributed by atoms with van der Waals surface area (Å²) in [6, 6.07) is 0. The van der Waals surface area contributed by atoms with Crippen molar-refractivity contribution in [2.45, 2.75) is 257 Å². The third kappa shape index (κ3) is 45.9. The van der Waals surface area contributed by atoms with Crippen LogP contribution in [0.2, 0.25) is 0 Å². The molecule has 61 heavy (non-hydrogen) atoms. The van der Waals surface area contributed by atoms with E-state index in [9.17, 15) is 19.5 Å². The Kier molecular flexibility index (Phi) is 43.2. The van der Waals surface area contributed by atoms with E-state index in [4.69, 9.17) is 18.9 Å². The first-order valence-corrected chi connectivity index (χ1v) is 25.8. The van der Waals surface area contributed by atoms with E-state index in [1.807, 2.05) is 21.1 Å². The van der Waals surface area contributed by atoms with E-state index in [0.717, 1.165) is 51.4 Å². The molecule has 0 aliphatic carbocycles. The number of nitrogens with zero attached hydrogens (tertiary/aromatic N) is 1. The Morgan fingerprint density at radius 2 is 0.836 bits per heavy atom. The molecule has 0 rings (SSSR count). The van der Waals surface area contributed by atoms with Crippen molar-refractivity contribution >= 4 is 17.9 Å². The topological polar surface area (TPSA) is 111 Å². The smallest absolute Gasteiger partial charge is 0.306 e. The summed E-state index contributed by atoms with van der Waals surface area (Å²) in [4.78, 5) is 37.1. The number of aliphatic carboxylic acids is 1. The summed E-state index contributed by atoms with van der Waals surface area (Å²) in [5, 5.41) is 11.7. The summed E-state index contributed by atoms with van der Waals surface area (Å²) in [5.74, 6) is -2.28. The summed E-state index contributed by atoms with van der Waals surface area (Å²) in [6.45, 7) is 4.76. The van der Waals surface area contributed by atoms with E-state index >= 15 is 0 Å². The van der Waals surface area contributed by atoms with E-state index in [1.54, 1.807) is 0 Å². The number of carboxylic acids is 1. The lowest BCUT2D eigenvalue weighted by Crippen LogP contribution is -2.44. The molecule has 0 aliphatic rings. The van der Waals surface area contributed by atoms with Crippen molar-refractivity contribution < 1.29 is 42.9 Å². The molecule has 9 heteroatoms. The Hall–Kier alpha value is -1.97. The Morgan fingerprint density at radius 1 is 0.475 bits per heavy atom. The van der Waals surface area contributed by atoms with Crippen molar-refractivity contribution in [2.75, 3.05) is 47.5 Å². The second-order valence-corrected chi connectivity index (χ2v) is 18.8. The number of likely N-dealkylation sites (N-methyl/N-ethyl adjacent to an activating group) is 1. The molecule has 0 aliphatic heterocycles. The molecule has 0 aromatic rings. The standard InChI is InChI=1S/C52H99NO8/c1-6-8-10-12-14-16-18-20-22-23-24-25-26-27-28-29-31-32-34-36-38-40-42-49(54)59-46-48(47-60-52(51(56)57)58-45-44-53(3,4)5)61-50(55)43-41-39-37-35-33-30-21-19-17-15-13-11-9-7-2/h19,21,48,52H,6-18,20,22-47H2,1-5H3/b21-19-. The monoisotopic (exact) mass is 866 g/mol. The van der Waals surface area contributed by atoms with Crippen LogP contribution < -0.4 is 5.11 Å². The highest BCUT2D eigenvalue weighted by Gasteiger charge is 2.22. The Bertz CT molecular complexity index is 1010. The van der Waals surface area contributed by atoms with Crippen molar-refractivity contribution in [1.82, 2.24) is 0 Å². The summed E-state index contributed by atoms with van der Waals surface area (Å²) < 4.78 is 22.6. The van der Waals surface area contributed by atoms with Gasteiger partial charge in [-0.1, -0.05) is 206 Å². The number of carboxylic acid groups (broad SMARTS) is 1. The molecule has 360 valence electrons. The molecular formula is C52H99NO8. The van der Waals surface area contributed by atoms with Crippen LogP contribution in [-0.2, 0) is 33.3 Å². The SMILES string of the molecule is CCCCCCC/C=C\CCCCCCCC(=O)OC(COC(=O)CCCCCCCCCCCCCCCCCCCCCCCC)COC(OCC[N+](C)(C)C)C(=O)[O-]. The zero-order valence-corrected chi connectivity index (χ0v) is 40.8. The van der Waals surface area contributed by atoms with Gasteiger partial charge in [0.2, 0.25) is 0 Å². The minimum absolute atomic E-state index is 0.149. The van der Waals surface area contributed by atoms with E-state index in [2.05, 4.69) is 26.0 Å². The van der Waals surface area contributed by atoms with Gasteiger partial charge in [-0.05, 0) is 38.5 Å². The number of ether oxygens (including phenoxy) is 4. The molecule has 0 aromatic carbocycles. The van der Waals surface area contributed by atoms with Crippen molar-refractivity contribution in [1.29, 1.82) is 0 Å². The average molecular weight is 866 g/mol. The number of hydrogen-bond donors (Lipinski definition) is 0. The summed E-state index contributed by atoms with van der Waals surface area (Å²) in [7, 11) is 5.92. The van der Waals surface area contributed by atoms with E-state index in [1.165, 1.54) is 161 Å². The lowest BCUT2D eigenvalue weighted by Gasteiger charge is -2.26. The third-order valence-corrected chi connectivity index (χ3v) is 11.5. The highest BCUT2D eigenvalue weighted by Crippen LogP contribution is 2.16. The lowest BCUT2D eigenvalue weighted by atomic mass is 10.0. The van der Waals surface area contributed by atoms with Gasteiger partial charge in [0.15, 0.2) is 12.4 Å². The number of carbonyl (C=O) groups is 3. The van der Waals surface area contributed by atoms with Gasteiger partial charge in [0.25, 0.3) is 0 Å². The third-order valence-electron chi connectivity index (χ3n) is 11.5. The number of hydrogen-bond acceptors (Lipinski definition) is 8. The Morgan fingerprint density at radius 3 is 1.21 bits per heavy atom. The van der Waals surface area contributed by atoms with Crippen LogP contribution in [0.25, 0.3) is 0 Å². The van der Waals surface area contributed by atoms with Gasteiger partial charge in [0.05, 0.1) is 40.3 Å². The van der Waals surface area contributed by atoms with Gasteiger partial charge in [-0.15, -0.1) is 0 Å². The van der Waals surface area contributed by atoms with Gasteiger partial charge < -0.3 is 33.3 Å². The first-order chi connectivity index (χ1) is 29.6. The maximum Gasteiger partial charge on any atom is 0.306 e. The van der Waals surface area contributed by atoms with Gasteiger partial charge in [0, 0.05) is 12.8 Å². The molecule has 0 saturated heterocycles. The van der Waals surface area contributed by atoms with Crippen LogP contribution >= 0.6 is 0 Å². The predicted octanol–water partition coefficient (Wildman–Crippen LogP) is 12.9. The normalized spacial score (nSPS) is 12.9. The molecule has 0 radical (unpaired) electrons. The summed E-state index contributed by atoms with van der Waals surface area (Å²) in [5.41, 5.74) is 0. The predicted molar refractivity (Wildman–Crippen MR) is 251 cm³/mol. The molecule has 0 aromatic heterocycles. The van der Waals surface area contributed by atoms with Gasteiger partial charge >= 0.3 is 11.9 Å². The van der Waals surface area contributed by atoms with Crippen LogP contribution in [0.3, 0.4) is 0 Å². The molecule has 2 atom stereocenters. The number of unbranched alkanes of at least 4 members (excludes halogenated alkanes) is 31. The maximum absolute atomic E-state index is 12.8. The first kappa shape index (κ1) is 59.0. The molecule has 0 heterocycles. The minimum Gasteiger partial charge on any atom is -0.545 e. The van der Waals surface area contributed by atoms with Crippen LogP contribution in [0.5, 0.6) is 0 Å². The van der Waals surface area contributed by atoms with Crippen LogP contribution in [0.4, 0.5) is 0 Å². The van der Waals surface area contributed by atoms with Gasteiger partial charge in [-0.2, -0.15) is 0 Å². The number of carbonyl (C=O) groups excluding carboxylic acids is 3. The van der Waals surface area contributed by atoms with Crippen molar-refractivity contribution in [2.24, 2.45) is 0 Å². The summed E-state index contributed by atoms with van der Waals surface area (Å²) in [6.07, 6.45) is 45.3. The fourth-order valence-corrected chi connectivity index (χ4v) is 7.47. The van der Waals surface area contributed by atoms with Crippen molar-refractivity contribution in [3.05, 3.63) is 12.2 Å². The van der Waals surface area contributed by atoms with Gasteiger partial charge in [-0.25, -0.2) is 0 Å². The van der Waals surface area contributed by atoms with Crippen LogP contribution in [0.1, 0.15) is 245 Å². The highest BCUT2D eigenvalue weighted by molar-refractivity contribution is 5.70. The molecule has 9 nitrogen and oxygen atoms in total. The van der Waals surface area contributed by atoms with Crippen molar-refractivity contribution in [3.63, 3.8) is 0 Å². The van der Waals surface area contributed by atoms with E-state index in [-0.39, 0.29) is 32.2 Å². The number of rotatable bonds is 48. The zero-order chi connectivity index (χ0) is 44.9. The van der Waals surface area contributed by atoms with E-state index in [0.29, 0.717) is 23.9 Å². The van der Waals surface area contributed by atoms with E-state index < -0.39 is 24.3 Å². The Labute approximate surface area is 376 Å². The molecule has 0 spiro atoms. The quantitative estimate of drug-likeness (QED) is 0.0195. The highest BCUT2D eigenvalue weighted by atomic mass is 16.7. The fourth-order valence-electron chi connectivity index (χ4n) is 7.47. The number of quaternary nitrogens is 1. The maximum atomic E-state index is 12.8. The first-order valence-electron chi connectivity index (χ1n) is 25.8. The lowest BCUT2D eigenvalue weighted by molar-refractivity contribution is -0.870. The number of esters is 2. The van der Waals surface area contributed by atoms with Crippen LogP contribution in [0, 0.1) is 0 Å². The van der Waals surface area contributed by atoms with Crippen molar-refractivity contribution in [3.8, 4) is 0 Å².